The second kappa shape index (κ2) is 7.57. The van der Waals surface area contributed by atoms with E-state index in [1.165, 1.54) is 17.7 Å². The van der Waals surface area contributed by atoms with Gasteiger partial charge in [-0.1, -0.05) is 12.5 Å². The predicted molar refractivity (Wildman–Crippen MR) is 88.9 cm³/mol. The van der Waals surface area contributed by atoms with E-state index in [0.29, 0.717) is 12.6 Å². The molecule has 5 heteroatoms. The third-order valence-corrected chi connectivity index (χ3v) is 5.97. The summed E-state index contributed by atoms with van der Waals surface area (Å²) in [6.45, 7) is 2.62. The average Bonchev–Trinajstić information content (AvgIpc) is 3.20. The highest BCUT2D eigenvalue weighted by Crippen LogP contribution is 2.34. The van der Waals surface area contributed by atoms with Crippen molar-refractivity contribution in [1.82, 2.24) is 9.80 Å². The first-order chi connectivity index (χ1) is 10.8. The summed E-state index contributed by atoms with van der Waals surface area (Å²) in [5.41, 5.74) is 0. The van der Waals surface area contributed by atoms with Gasteiger partial charge >= 0.3 is 0 Å². The molecular weight excluding hydrogens is 296 g/mol. The van der Waals surface area contributed by atoms with Crippen LogP contribution in [0.2, 0.25) is 0 Å². The molecule has 0 saturated carbocycles. The van der Waals surface area contributed by atoms with Crippen LogP contribution in [0, 0.1) is 0 Å². The van der Waals surface area contributed by atoms with E-state index in [4.69, 9.17) is 0 Å². The Morgan fingerprint density at radius 3 is 2.95 bits per heavy atom. The first kappa shape index (κ1) is 16.0. The van der Waals surface area contributed by atoms with Crippen molar-refractivity contribution < 1.29 is 9.90 Å². The lowest BCUT2D eigenvalue weighted by molar-refractivity contribution is -0.134. The van der Waals surface area contributed by atoms with Gasteiger partial charge in [0.15, 0.2) is 0 Å². The molecule has 2 saturated heterocycles. The van der Waals surface area contributed by atoms with Crippen molar-refractivity contribution in [2.45, 2.75) is 50.6 Å². The molecular formula is C17H26N2O2S. The largest absolute Gasteiger partial charge is 0.396 e. The third-order valence-electron chi connectivity index (χ3n) is 4.99. The highest BCUT2D eigenvalue weighted by molar-refractivity contribution is 7.10. The Morgan fingerprint density at radius 2 is 2.18 bits per heavy atom. The number of carbonyl (C=O) groups excluding carboxylic acids is 1. The summed E-state index contributed by atoms with van der Waals surface area (Å²) < 4.78 is 0. The highest BCUT2D eigenvalue weighted by atomic mass is 32.1. The van der Waals surface area contributed by atoms with E-state index < -0.39 is 0 Å². The molecule has 2 aliphatic heterocycles. The molecule has 1 N–H and O–H groups in total. The van der Waals surface area contributed by atoms with Crippen molar-refractivity contribution in [3.05, 3.63) is 22.4 Å². The summed E-state index contributed by atoms with van der Waals surface area (Å²) in [5, 5.41) is 11.3. The van der Waals surface area contributed by atoms with Gasteiger partial charge in [0, 0.05) is 24.1 Å². The van der Waals surface area contributed by atoms with Crippen LogP contribution in [0.1, 0.15) is 49.4 Å². The lowest BCUT2D eigenvalue weighted by Gasteiger charge is -2.36. The second-order valence-corrected chi connectivity index (χ2v) is 7.37. The first-order valence-electron chi connectivity index (χ1n) is 8.47. The van der Waals surface area contributed by atoms with Crippen LogP contribution in [0.15, 0.2) is 17.5 Å². The van der Waals surface area contributed by atoms with E-state index in [-0.39, 0.29) is 18.6 Å². The molecule has 0 aromatic carbocycles. The van der Waals surface area contributed by atoms with Crippen LogP contribution < -0.4 is 0 Å². The van der Waals surface area contributed by atoms with Crippen LogP contribution in [-0.2, 0) is 4.79 Å². The summed E-state index contributed by atoms with van der Waals surface area (Å²) in [6, 6.07) is 4.89. The summed E-state index contributed by atoms with van der Waals surface area (Å²) in [4.78, 5) is 18.5. The summed E-state index contributed by atoms with van der Waals surface area (Å²) in [6.07, 6.45) is 6.49. The molecule has 3 heterocycles. The van der Waals surface area contributed by atoms with Gasteiger partial charge < -0.3 is 10.0 Å². The van der Waals surface area contributed by atoms with Gasteiger partial charge in [-0.05, 0) is 50.1 Å². The Bertz CT molecular complexity index is 475. The Labute approximate surface area is 136 Å². The monoisotopic (exact) mass is 322 g/mol. The highest BCUT2D eigenvalue weighted by Gasteiger charge is 2.32. The Morgan fingerprint density at radius 1 is 1.27 bits per heavy atom. The molecule has 2 unspecified atom stereocenters. The van der Waals surface area contributed by atoms with Crippen molar-refractivity contribution in [3.8, 4) is 0 Å². The average molecular weight is 322 g/mol. The van der Waals surface area contributed by atoms with Crippen LogP contribution in [-0.4, -0.2) is 53.1 Å². The number of nitrogens with zero attached hydrogens (tertiary/aromatic N) is 2. The minimum atomic E-state index is 0.219. The van der Waals surface area contributed by atoms with Gasteiger partial charge in [-0.2, -0.15) is 0 Å². The first-order valence-corrected chi connectivity index (χ1v) is 9.35. The van der Waals surface area contributed by atoms with Gasteiger partial charge in [-0.15, -0.1) is 11.3 Å². The number of thiophene rings is 1. The maximum absolute atomic E-state index is 12.8. The Hall–Kier alpha value is -0.910. The molecule has 22 heavy (non-hydrogen) atoms. The molecule has 1 amide bonds. The molecule has 0 radical (unpaired) electrons. The topological polar surface area (TPSA) is 43.8 Å². The van der Waals surface area contributed by atoms with Gasteiger partial charge in [-0.25, -0.2) is 0 Å². The lowest BCUT2D eigenvalue weighted by atomic mass is 9.99. The van der Waals surface area contributed by atoms with Crippen molar-refractivity contribution in [1.29, 1.82) is 0 Å². The maximum atomic E-state index is 12.8. The fraction of sp³-hybridized carbons (Fsp3) is 0.706. The Balaban J connectivity index is 1.63. The lowest BCUT2D eigenvalue weighted by Crippen LogP contribution is -2.46. The maximum Gasteiger partial charge on any atom is 0.237 e. The SMILES string of the molecule is O=C(CN1CCCCC1CCO)N1CCCC1c1cccs1. The number of aliphatic hydroxyl groups is 1. The number of amides is 1. The van der Waals surface area contributed by atoms with E-state index in [9.17, 15) is 9.90 Å². The number of carbonyl (C=O) groups is 1. The summed E-state index contributed by atoms with van der Waals surface area (Å²) in [5.74, 6) is 0.265. The van der Waals surface area contributed by atoms with E-state index in [1.807, 2.05) is 0 Å². The summed E-state index contributed by atoms with van der Waals surface area (Å²) >= 11 is 1.76. The van der Waals surface area contributed by atoms with Gasteiger partial charge in [0.25, 0.3) is 0 Å². The predicted octanol–water partition coefficient (Wildman–Crippen LogP) is 2.65. The number of hydrogen-bond acceptors (Lipinski definition) is 4. The van der Waals surface area contributed by atoms with Gasteiger partial charge in [-0.3, -0.25) is 9.69 Å². The number of aliphatic hydroxyl groups excluding tert-OH is 1. The van der Waals surface area contributed by atoms with E-state index in [2.05, 4.69) is 27.3 Å². The van der Waals surface area contributed by atoms with Crippen molar-refractivity contribution in [2.24, 2.45) is 0 Å². The molecule has 2 fully saturated rings. The molecule has 0 spiro atoms. The molecule has 3 rings (SSSR count). The minimum absolute atomic E-state index is 0.219. The van der Waals surface area contributed by atoms with Crippen LogP contribution >= 0.6 is 11.3 Å². The van der Waals surface area contributed by atoms with E-state index >= 15 is 0 Å². The standard InChI is InChI=1S/C17H26N2O2S/c20-11-8-14-5-1-2-9-18(14)13-17(21)19-10-3-6-15(19)16-7-4-12-22-16/h4,7,12,14-15,20H,1-3,5-6,8-11,13H2. The fourth-order valence-corrected chi connectivity index (χ4v) is 4.72. The molecule has 1 aromatic heterocycles. The smallest absolute Gasteiger partial charge is 0.237 e. The zero-order chi connectivity index (χ0) is 15.4. The van der Waals surface area contributed by atoms with Gasteiger partial charge in [0.05, 0.1) is 12.6 Å². The Kier molecular flexibility index (Phi) is 5.50. The zero-order valence-electron chi connectivity index (χ0n) is 13.1. The van der Waals surface area contributed by atoms with Crippen molar-refractivity contribution >= 4 is 17.2 Å². The number of hydrogen-bond donors (Lipinski definition) is 1. The van der Waals surface area contributed by atoms with Crippen molar-refractivity contribution in [2.75, 3.05) is 26.2 Å². The quantitative estimate of drug-likeness (QED) is 0.906. The van der Waals surface area contributed by atoms with Crippen LogP contribution in [0.4, 0.5) is 0 Å². The molecule has 1 aromatic rings. The molecule has 0 aliphatic carbocycles. The number of likely N-dealkylation sites (tertiary alicyclic amines) is 2. The third kappa shape index (κ3) is 3.53. The summed E-state index contributed by atoms with van der Waals surface area (Å²) in [7, 11) is 0. The van der Waals surface area contributed by atoms with Gasteiger partial charge in [0.2, 0.25) is 5.91 Å². The normalized spacial score (nSPS) is 26.5. The molecule has 122 valence electrons. The van der Waals surface area contributed by atoms with Crippen molar-refractivity contribution in [3.63, 3.8) is 0 Å². The van der Waals surface area contributed by atoms with Crippen LogP contribution in [0.3, 0.4) is 0 Å². The number of rotatable bonds is 5. The zero-order valence-corrected chi connectivity index (χ0v) is 13.9. The number of piperidine rings is 1. The van der Waals surface area contributed by atoms with Gasteiger partial charge in [0.1, 0.15) is 0 Å². The van der Waals surface area contributed by atoms with E-state index in [0.717, 1.165) is 38.8 Å². The molecule has 0 bridgehead atoms. The molecule has 2 aliphatic rings. The minimum Gasteiger partial charge on any atom is -0.396 e. The van der Waals surface area contributed by atoms with Crippen LogP contribution in [0.5, 0.6) is 0 Å². The molecule has 2 atom stereocenters. The second-order valence-electron chi connectivity index (χ2n) is 6.39. The molecule has 4 nitrogen and oxygen atoms in total. The van der Waals surface area contributed by atoms with Crippen LogP contribution in [0.25, 0.3) is 0 Å². The fourth-order valence-electron chi connectivity index (χ4n) is 3.85. The van der Waals surface area contributed by atoms with E-state index in [1.54, 1.807) is 11.3 Å².